The van der Waals surface area contributed by atoms with Crippen molar-refractivity contribution in [3.8, 4) is 5.75 Å². The molecule has 0 radical (unpaired) electrons. The second kappa shape index (κ2) is 6.10. The van der Waals surface area contributed by atoms with Gasteiger partial charge in [-0.25, -0.2) is 0 Å². The van der Waals surface area contributed by atoms with Gasteiger partial charge in [0.25, 0.3) is 0 Å². The van der Waals surface area contributed by atoms with Crippen LogP contribution in [0.25, 0.3) is 0 Å². The number of hydrogen-bond donors (Lipinski definition) is 2. The summed E-state index contributed by atoms with van der Waals surface area (Å²) in [4.78, 5) is 11.3. The molecule has 94 valence electrons. The summed E-state index contributed by atoms with van der Waals surface area (Å²) in [6, 6.07) is 2.07. The molecule has 0 amide bonds. The van der Waals surface area contributed by atoms with Crippen LogP contribution in [0.4, 0.5) is 0 Å². The Kier molecular flexibility index (Phi) is 5.05. The Morgan fingerprint density at radius 1 is 1.53 bits per heavy atom. The molecule has 3 N–H and O–H groups in total. The average molecular weight is 278 g/mol. The number of rotatable bonds is 4. The Morgan fingerprint density at radius 2 is 2.18 bits per heavy atom. The van der Waals surface area contributed by atoms with Crippen molar-refractivity contribution < 1.29 is 14.6 Å². The summed E-state index contributed by atoms with van der Waals surface area (Å²) < 4.78 is 4.77. The molecule has 1 aromatic carbocycles. The molecule has 0 spiro atoms. The van der Waals surface area contributed by atoms with Crippen LogP contribution in [-0.2, 0) is 9.53 Å². The fraction of sp³-hybridized carbons (Fsp3) is 0.364. The summed E-state index contributed by atoms with van der Waals surface area (Å²) in [6.45, 7) is 1.99. The highest BCUT2D eigenvalue weighted by atomic mass is 35.5. The van der Waals surface area contributed by atoms with Crippen molar-refractivity contribution >= 4 is 29.2 Å². The highest BCUT2D eigenvalue weighted by Gasteiger charge is 2.19. The van der Waals surface area contributed by atoms with E-state index in [2.05, 4.69) is 0 Å². The molecule has 0 aliphatic carbocycles. The van der Waals surface area contributed by atoms with E-state index in [4.69, 9.17) is 33.7 Å². The van der Waals surface area contributed by atoms with Crippen LogP contribution < -0.4 is 5.73 Å². The first kappa shape index (κ1) is 14.1. The molecule has 0 aromatic heterocycles. The molecule has 0 saturated carbocycles. The highest BCUT2D eigenvalue weighted by molar-refractivity contribution is 6.35. The lowest BCUT2D eigenvalue weighted by Gasteiger charge is -2.14. The maximum Gasteiger partial charge on any atom is 0.307 e. The van der Waals surface area contributed by atoms with E-state index in [1.54, 1.807) is 6.92 Å². The monoisotopic (exact) mass is 277 g/mol. The van der Waals surface area contributed by atoms with Crippen LogP contribution in [0.15, 0.2) is 12.1 Å². The van der Waals surface area contributed by atoms with Crippen molar-refractivity contribution in [3.05, 3.63) is 27.7 Å². The zero-order valence-corrected chi connectivity index (χ0v) is 10.8. The number of esters is 1. The summed E-state index contributed by atoms with van der Waals surface area (Å²) in [5.41, 5.74) is 6.09. The number of nitrogens with two attached hydrogens (primary N) is 1. The normalized spacial score (nSPS) is 12.2. The molecular weight excluding hydrogens is 265 g/mol. The van der Waals surface area contributed by atoms with Crippen LogP contribution in [0, 0.1) is 0 Å². The van der Waals surface area contributed by atoms with E-state index < -0.39 is 12.0 Å². The van der Waals surface area contributed by atoms with Crippen molar-refractivity contribution in [2.24, 2.45) is 5.73 Å². The topological polar surface area (TPSA) is 72.5 Å². The quantitative estimate of drug-likeness (QED) is 0.830. The van der Waals surface area contributed by atoms with E-state index in [-0.39, 0.29) is 23.8 Å². The van der Waals surface area contributed by atoms with E-state index >= 15 is 0 Å². The van der Waals surface area contributed by atoms with E-state index in [9.17, 15) is 9.90 Å². The van der Waals surface area contributed by atoms with Crippen LogP contribution in [0.3, 0.4) is 0 Å². The van der Waals surface area contributed by atoms with Crippen molar-refractivity contribution in [2.75, 3.05) is 6.61 Å². The number of phenols is 1. The second-order valence-electron chi connectivity index (χ2n) is 3.44. The lowest BCUT2D eigenvalue weighted by molar-refractivity contribution is -0.143. The fourth-order valence-corrected chi connectivity index (χ4v) is 2.06. The van der Waals surface area contributed by atoms with Crippen LogP contribution in [0.2, 0.25) is 10.0 Å². The van der Waals surface area contributed by atoms with Crippen LogP contribution in [0.1, 0.15) is 24.9 Å². The molecule has 0 heterocycles. The second-order valence-corrected chi connectivity index (χ2v) is 4.28. The predicted octanol–water partition coefficient (Wildman–Crippen LogP) is 2.65. The summed E-state index contributed by atoms with van der Waals surface area (Å²) in [6.07, 6.45) is -0.0528. The molecule has 6 heteroatoms. The van der Waals surface area contributed by atoms with Gasteiger partial charge in [-0.05, 0) is 19.1 Å². The number of benzene rings is 1. The molecule has 17 heavy (non-hydrogen) atoms. The summed E-state index contributed by atoms with van der Waals surface area (Å²) in [7, 11) is 0. The first-order valence-corrected chi connectivity index (χ1v) is 5.80. The van der Waals surface area contributed by atoms with Gasteiger partial charge in [-0.2, -0.15) is 0 Å². The van der Waals surface area contributed by atoms with Gasteiger partial charge in [0.2, 0.25) is 0 Å². The van der Waals surface area contributed by atoms with E-state index in [0.29, 0.717) is 10.6 Å². The van der Waals surface area contributed by atoms with Gasteiger partial charge >= 0.3 is 5.97 Å². The Bertz CT molecular complexity index is 400. The molecule has 1 rings (SSSR count). The molecule has 0 fully saturated rings. The first-order chi connectivity index (χ1) is 7.95. The molecular formula is C11H13Cl2NO3. The van der Waals surface area contributed by atoms with Crippen molar-refractivity contribution in [2.45, 2.75) is 19.4 Å². The number of aromatic hydroxyl groups is 1. The van der Waals surface area contributed by atoms with Gasteiger partial charge < -0.3 is 15.6 Å². The van der Waals surface area contributed by atoms with Gasteiger partial charge in [0.1, 0.15) is 5.75 Å². The number of carbonyl (C=O) groups is 1. The third-order valence-electron chi connectivity index (χ3n) is 2.14. The standard InChI is InChI=1S/C11H13Cl2NO3/c1-2-17-10(16)5-8(14)11-7(13)3-6(12)4-9(11)15/h3-4,8,15H,2,5,14H2,1H3/t8-/m1/s1. The Hall–Kier alpha value is -0.970. The molecule has 1 atom stereocenters. The predicted molar refractivity (Wildman–Crippen MR) is 66.3 cm³/mol. The Labute approximate surface area is 109 Å². The Morgan fingerprint density at radius 3 is 2.71 bits per heavy atom. The highest BCUT2D eigenvalue weighted by Crippen LogP contribution is 2.34. The van der Waals surface area contributed by atoms with Gasteiger partial charge in [0.15, 0.2) is 0 Å². The fourth-order valence-electron chi connectivity index (χ4n) is 1.44. The maximum absolute atomic E-state index is 11.3. The zero-order chi connectivity index (χ0) is 13.0. The van der Waals surface area contributed by atoms with E-state index in [0.717, 1.165) is 0 Å². The van der Waals surface area contributed by atoms with Gasteiger partial charge in [-0.15, -0.1) is 0 Å². The number of halogens is 2. The smallest absolute Gasteiger partial charge is 0.307 e. The third-order valence-corrected chi connectivity index (χ3v) is 2.67. The molecule has 0 saturated heterocycles. The SMILES string of the molecule is CCOC(=O)C[C@@H](N)c1c(O)cc(Cl)cc1Cl. The molecule has 1 aromatic rings. The van der Waals surface area contributed by atoms with Crippen LogP contribution in [0.5, 0.6) is 5.75 Å². The van der Waals surface area contributed by atoms with Gasteiger partial charge in [-0.3, -0.25) is 4.79 Å². The largest absolute Gasteiger partial charge is 0.508 e. The number of carbonyl (C=O) groups excluding carboxylic acids is 1. The minimum absolute atomic E-state index is 0.0528. The molecule has 0 bridgehead atoms. The molecule has 0 aliphatic rings. The maximum atomic E-state index is 11.3. The third kappa shape index (κ3) is 3.77. The Balaban J connectivity index is 2.89. The van der Waals surface area contributed by atoms with Crippen molar-refractivity contribution in [1.82, 2.24) is 0 Å². The number of phenolic OH excluding ortho intramolecular Hbond substituents is 1. The zero-order valence-electron chi connectivity index (χ0n) is 9.24. The molecule has 0 aliphatic heterocycles. The lowest BCUT2D eigenvalue weighted by Crippen LogP contribution is -2.17. The minimum atomic E-state index is -0.723. The number of hydrogen-bond acceptors (Lipinski definition) is 4. The van der Waals surface area contributed by atoms with Crippen LogP contribution in [-0.4, -0.2) is 17.7 Å². The van der Waals surface area contributed by atoms with Crippen molar-refractivity contribution in [1.29, 1.82) is 0 Å². The lowest BCUT2D eigenvalue weighted by atomic mass is 10.0. The summed E-state index contributed by atoms with van der Waals surface area (Å²) >= 11 is 11.6. The first-order valence-electron chi connectivity index (χ1n) is 5.04. The van der Waals surface area contributed by atoms with Gasteiger partial charge in [0, 0.05) is 16.6 Å². The van der Waals surface area contributed by atoms with Gasteiger partial charge in [-0.1, -0.05) is 23.2 Å². The van der Waals surface area contributed by atoms with E-state index in [1.165, 1.54) is 12.1 Å². The summed E-state index contributed by atoms with van der Waals surface area (Å²) in [5, 5.41) is 10.2. The molecule has 0 unspecified atom stereocenters. The van der Waals surface area contributed by atoms with E-state index in [1.807, 2.05) is 0 Å². The van der Waals surface area contributed by atoms with Crippen molar-refractivity contribution in [3.63, 3.8) is 0 Å². The minimum Gasteiger partial charge on any atom is -0.508 e. The average Bonchev–Trinajstić information content (AvgIpc) is 2.15. The summed E-state index contributed by atoms with van der Waals surface area (Å²) in [5.74, 6) is -0.565. The van der Waals surface area contributed by atoms with Gasteiger partial charge in [0.05, 0.1) is 18.1 Å². The molecule has 4 nitrogen and oxygen atoms in total. The van der Waals surface area contributed by atoms with Crippen LogP contribution >= 0.6 is 23.2 Å². The number of ether oxygens (including phenoxy) is 1.